The summed E-state index contributed by atoms with van der Waals surface area (Å²) in [6.07, 6.45) is 4.07. The predicted molar refractivity (Wildman–Crippen MR) is 99.8 cm³/mol. The van der Waals surface area contributed by atoms with E-state index in [0.717, 1.165) is 41.6 Å². The van der Waals surface area contributed by atoms with Crippen LogP contribution in [0.2, 0.25) is 0 Å². The lowest BCUT2D eigenvalue weighted by Gasteiger charge is -2.35. The van der Waals surface area contributed by atoms with E-state index >= 15 is 0 Å². The Morgan fingerprint density at radius 2 is 2.00 bits per heavy atom. The number of rotatable bonds is 3. The average molecular weight is 355 g/mol. The zero-order valence-corrected chi connectivity index (χ0v) is 15.4. The van der Waals surface area contributed by atoms with Crippen LogP contribution < -0.4 is 4.90 Å². The van der Waals surface area contributed by atoms with Crippen LogP contribution in [0.25, 0.3) is 22.5 Å². The van der Waals surface area contributed by atoms with E-state index in [9.17, 15) is 0 Å². The van der Waals surface area contributed by atoms with Gasteiger partial charge in [0.2, 0.25) is 5.95 Å². The van der Waals surface area contributed by atoms with Crippen LogP contribution in [0.1, 0.15) is 13.8 Å². The summed E-state index contributed by atoms with van der Waals surface area (Å²) >= 11 is 1.67. The molecule has 0 spiro atoms. The average Bonchev–Trinajstić information content (AvgIpc) is 3.25. The van der Waals surface area contributed by atoms with Gasteiger partial charge in [0.25, 0.3) is 0 Å². The first-order chi connectivity index (χ1) is 12.1. The maximum absolute atomic E-state index is 5.83. The SMILES string of the molecule is CC1CN(c2ncc(-c3ccsc3)c(-c3ccnn3C)n2)CC(C)O1. The second-order valence-electron chi connectivity index (χ2n) is 6.45. The molecule has 4 rings (SSSR count). The standard InChI is InChI=1S/C18H21N5OS/c1-12-9-23(10-13(2)24-12)18-19-8-15(14-5-7-25-11-14)17(21-18)16-4-6-20-22(16)3/h4-8,11-13H,9-10H2,1-3H3. The van der Waals surface area contributed by atoms with Crippen LogP contribution in [0.3, 0.4) is 0 Å². The maximum Gasteiger partial charge on any atom is 0.226 e. The van der Waals surface area contributed by atoms with Gasteiger partial charge in [-0.15, -0.1) is 0 Å². The molecule has 4 heterocycles. The third-order valence-electron chi connectivity index (χ3n) is 4.37. The number of aromatic nitrogens is 4. The van der Waals surface area contributed by atoms with Gasteiger partial charge >= 0.3 is 0 Å². The van der Waals surface area contributed by atoms with E-state index in [1.807, 2.05) is 24.0 Å². The third kappa shape index (κ3) is 3.17. The number of ether oxygens (including phenoxy) is 1. The Hall–Kier alpha value is -2.25. The minimum Gasteiger partial charge on any atom is -0.372 e. The van der Waals surface area contributed by atoms with Crippen molar-refractivity contribution in [1.82, 2.24) is 19.7 Å². The molecule has 0 aliphatic carbocycles. The summed E-state index contributed by atoms with van der Waals surface area (Å²) < 4.78 is 7.69. The lowest BCUT2D eigenvalue weighted by atomic mass is 10.1. The second-order valence-corrected chi connectivity index (χ2v) is 7.23. The number of anilines is 1. The Morgan fingerprint density at radius 3 is 2.64 bits per heavy atom. The summed E-state index contributed by atoms with van der Waals surface area (Å²) in [5.41, 5.74) is 4.06. The van der Waals surface area contributed by atoms with Crippen molar-refractivity contribution in [1.29, 1.82) is 0 Å². The van der Waals surface area contributed by atoms with Crippen LogP contribution in [0, 0.1) is 0 Å². The number of nitrogens with zero attached hydrogens (tertiary/aromatic N) is 5. The highest BCUT2D eigenvalue weighted by molar-refractivity contribution is 7.08. The second kappa shape index (κ2) is 6.57. The summed E-state index contributed by atoms with van der Waals surface area (Å²) in [7, 11) is 1.94. The lowest BCUT2D eigenvalue weighted by Crippen LogP contribution is -2.46. The van der Waals surface area contributed by atoms with Gasteiger partial charge in [-0.25, -0.2) is 9.97 Å². The van der Waals surface area contributed by atoms with Crippen molar-refractivity contribution in [3.63, 3.8) is 0 Å². The van der Waals surface area contributed by atoms with E-state index in [2.05, 4.69) is 45.7 Å². The molecule has 1 aliphatic rings. The molecule has 0 aromatic carbocycles. The summed E-state index contributed by atoms with van der Waals surface area (Å²) in [6, 6.07) is 4.09. The van der Waals surface area contributed by atoms with Crippen molar-refractivity contribution >= 4 is 17.3 Å². The summed E-state index contributed by atoms with van der Waals surface area (Å²) in [6.45, 7) is 5.77. The Morgan fingerprint density at radius 1 is 1.20 bits per heavy atom. The van der Waals surface area contributed by atoms with Crippen molar-refractivity contribution in [2.45, 2.75) is 26.1 Å². The van der Waals surface area contributed by atoms with Crippen LogP contribution in [0.4, 0.5) is 5.95 Å². The minimum absolute atomic E-state index is 0.170. The molecule has 3 aromatic heterocycles. The van der Waals surface area contributed by atoms with E-state index < -0.39 is 0 Å². The van der Waals surface area contributed by atoms with Gasteiger partial charge in [0.05, 0.1) is 17.9 Å². The first kappa shape index (κ1) is 16.2. The van der Waals surface area contributed by atoms with Gasteiger partial charge < -0.3 is 9.64 Å². The molecule has 0 bridgehead atoms. The first-order valence-corrected chi connectivity index (χ1v) is 9.34. The number of hydrogen-bond acceptors (Lipinski definition) is 6. The summed E-state index contributed by atoms with van der Waals surface area (Å²) in [4.78, 5) is 11.8. The summed E-state index contributed by atoms with van der Waals surface area (Å²) in [5.74, 6) is 0.747. The van der Waals surface area contributed by atoms with Crippen molar-refractivity contribution in [2.75, 3.05) is 18.0 Å². The zero-order valence-electron chi connectivity index (χ0n) is 14.6. The number of aryl methyl sites for hydroxylation is 1. The highest BCUT2D eigenvalue weighted by atomic mass is 32.1. The number of morpholine rings is 1. The molecule has 2 atom stereocenters. The van der Waals surface area contributed by atoms with Crippen LogP contribution in [-0.2, 0) is 11.8 Å². The van der Waals surface area contributed by atoms with E-state index in [-0.39, 0.29) is 12.2 Å². The van der Waals surface area contributed by atoms with Crippen LogP contribution in [0.5, 0.6) is 0 Å². The molecule has 1 fully saturated rings. The van der Waals surface area contributed by atoms with E-state index in [0.29, 0.717) is 0 Å². The van der Waals surface area contributed by atoms with Gasteiger partial charge in [0.15, 0.2) is 0 Å². The largest absolute Gasteiger partial charge is 0.372 e. The molecule has 0 N–H and O–H groups in total. The van der Waals surface area contributed by atoms with Crippen molar-refractivity contribution in [3.8, 4) is 22.5 Å². The highest BCUT2D eigenvalue weighted by Crippen LogP contribution is 2.32. The van der Waals surface area contributed by atoms with Gasteiger partial charge in [-0.05, 0) is 42.3 Å². The summed E-state index contributed by atoms with van der Waals surface area (Å²) in [5, 5.41) is 8.50. The lowest BCUT2D eigenvalue weighted by molar-refractivity contribution is -0.00571. The smallest absolute Gasteiger partial charge is 0.226 e. The Balaban J connectivity index is 1.80. The molecule has 0 radical (unpaired) electrons. The van der Waals surface area contributed by atoms with Gasteiger partial charge in [-0.2, -0.15) is 16.4 Å². The monoisotopic (exact) mass is 355 g/mol. The van der Waals surface area contributed by atoms with Gasteiger partial charge in [-0.1, -0.05) is 0 Å². The topological polar surface area (TPSA) is 56.1 Å². The van der Waals surface area contributed by atoms with Crippen LogP contribution in [0.15, 0.2) is 35.3 Å². The molecule has 2 unspecified atom stereocenters. The first-order valence-electron chi connectivity index (χ1n) is 8.40. The van der Waals surface area contributed by atoms with Gasteiger partial charge in [0, 0.05) is 38.1 Å². The molecule has 3 aromatic rings. The van der Waals surface area contributed by atoms with Gasteiger partial charge in [-0.3, -0.25) is 4.68 Å². The Bertz CT molecular complexity index is 850. The molecular weight excluding hydrogens is 334 g/mol. The van der Waals surface area contributed by atoms with Gasteiger partial charge in [0.1, 0.15) is 5.69 Å². The molecule has 6 nitrogen and oxygen atoms in total. The Kier molecular flexibility index (Phi) is 4.27. The highest BCUT2D eigenvalue weighted by Gasteiger charge is 2.25. The quantitative estimate of drug-likeness (QED) is 0.722. The van der Waals surface area contributed by atoms with Crippen LogP contribution in [-0.4, -0.2) is 45.0 Å². The fourth-order valence-electron chi connectivity index (χ4n) is 3.30. The van der Waals surface area contributed by atoms with Crippen molar-refractivity contribution in [2.24, 2.45) is 7.05 Å². The third-order valence-corrected chi connectivity index (χ3v) is 5.06. The van der Waals surface area contributed by atoms with E-state index in [1.165, 1.54) is 0 Å². The molecule has 0 saturated carbocycles. The zero-order chi connectivity index (χ0) is 17.4. The molecular formula is C18H21N5OS. The molecule has 1 aliphatic heterocycles. The molecule has 25 heavy (non-hydrogen) atoms. The fourth-order valence-corrected chi connectivity index (χ4v) is 3.95. The van der Waals surface area contributed by atoms with E-state index in [1.54, 1.807) is 17.5 Å². The number of hydrogen-bond donors (Lipinski definition) is 0. The molecule has 7 heteroatoms. The van der Waals surface area contributed by atoms with Crippen molar-refractivity contribution < 1.29 is 4.74 Å². The Labute approximate surface area is 151 Å². The molecule has 0 amide bonds. The predicted octanol–water partition coefficient (Wildman–Crippen LogP) is 3.22. The molecule has 1 saturated heterocycles. The number of thiophene rings is 1. The molecule has 130 valence electrons. The normalized spacial score (nSPS) is 20.8. The maximum atomic E-state index is 5.83. The van der Waals surface area contributed by atoms with Crippen molar-refractivity contribution in [3.05, 3.63) is 35.3 Å². The minimum atomic E-state index is 0.170. The fraction of sp³-hybridized carbons (Fsp3) is 0.389. The van der Waals surface area contributed by atoms with E-state index in [4.69, 9.17) is 9.72 Å². The van der Waals surface area contributed by atoms with Crippen LogP contribution >= 0.6 is 11.3 Å².